The van der Waals surface area contributed by atoms with E-state index in [0.29, 0.717) is 13.1 Å². The van der Waals surface area contributed by atoms with Gasteiger partial charge in [-0.1, -0.05) is 0 Å². The fraction of sp³-hybridized carbons (Fsp3) is 0.476. The molecule has 140 valence electrons. The SMILES string of the molecule is C[C@@H]1Cc2cc(C(=O)N3CCc4nc([C@H]5CCCN5)ncc4C3)ccc2O1. The molecule has 4 heterocycles. The maximum absolute atomic E-state index is 13.0. The van der Waals surface area contributed by atoms with E-state index in [4.69, 9.17) is 9.72 Å². The van der Waals surface area contributed by atoms with Crippen LogP contribution in [0.2, 0.25) is 0 Å². The molecular weight excluding hydrogens is 340 g/mol. The van der Waals surface area contributed by atoms with Crippen LogP contribution in [-0.4, -0.2) is 40.0 Å². The normalized spacial score (nSPS) is 23.7. The largest absolute Gasteiger partial charge is 0.490 e. The van der Waals surface area contributed by atoms with Gasteiger partial charge in [0.1, 0.15) is 17.7 Å². The summed E-state index contributed by atoms with van der Waals surface area (Å²) in [4.78, 5) is 24.3. The van der Waals surface area contributed by atoms with E-state index in [2.05, 4.69) is 17.2 Å². The highest BCUT2D eigenvalue weighted by atomic mass is 16.5. The van der Waals surface area contributed by atoms with E-state index in [-0.39, 0.29) is 18.1 Å². The summed E-state index contributed by atoms with van der Waals surface area (Å²) in [6.45, 7) is 4.37. The average Bonchev–Trinajstić information content (AvgIpc) is 3.34. The Labute approximate surface area is 159 Å². The van der Waals surface area contributed by atoms with Crippen LogP contribution >= 0.6 is 0 Å². The third-order valence-electron chi connectivity index (χ3n) is 5.75. The van der Waals surface area contributed by atoms with Crippen LogP contribution in [0.5, 0.6) is 5.75 Å². The van der Waals surface area contributed by atoms with Gasteiger partial charge in [-0.3, -0.25) is 4.79 Å². The molecule has 0 spiro atoms. The summed E-state index contributed by atoms with van der Waals surface area (Å²) in [5.41, 5.74) is 4.02. The maximum Gasteiger partial charge on any atom is 0.254 e. The van der Waals surface area contributed by atoms with Crippen LogP contribution in [0.3, 0.4) is 0 Å². The first kappa shape index (κ1) is 16.7. The van der Waals surface area contributed by atoms with Crippen molar-refractivity contribution in [1.29, 1.82) is 0 Å². The lowest BCUT2D eigenvalue weighted by Crippen LogP contribution is -2.36. The van der Waals surface area contributed by atoms with Crippen molar-refractivity contribution < 1.29 is 9.53 Å². The van der Waals surface area contributed by atoms with Gasteiger partial charge in [-0.15, -0.1) is 0 Å². The monoisotopic (exact) mass is 364 g/mol. The topological polar surface area (TPSA) is 67.4 Å². The zero-order valence-electron chi connectivity index (χ0n) is 15.6. The number of fused-ring (bicyclic) bond motifs is 2. The molecule has 27 heavy (non-hydrogen) atoms. The minimum atomic E-state index is 0.0736. The van der Waals surface area contributed by atoms with Gasteiger partial charge in [0.2, 0.25) is 0 Å². The summed E-state index contributed by atoms with van der Waals surface area (Å²) in [5.74, 6) is 1.88. The minimum Gasteiger partial charge on any atom is -0.490 e. The number of rotatable bonds is 2. The van der Waals surface area contributed by atoms with Crippen LogP contribution in [-0.2, 0) is 19.4 Å². The number of nitrogens with zero attached hydrogens (tertiary/aromatic N) is 3. The molecule has 6 nitrogen and oxygen atoms in total. The van der Waals surface area contributed by atoms with Gasteiger partial charge in [0.15, 0.2) is 0 Å². The standard InChI is InChI=1S/C21H24N4O2/c1-13-9-15-10-14(4-5-19(15)27-13)21(26)25-8-6-17-16(12-25)11-23-20(24-17)18-3-2-7-22-18/h4-5,10-11,13,18,22H,2-3,6-9,12H2,1H3/t13-,18-/m1/s1. The Balaban J connectivity index is 1.33. The first-order valence-corrected chi connectivity index (χ1v) is 9.84. The second-order valence-electron chi connectivity index (χ2n) is 7.78. The fourth-order valence-corrected chi connectivity index (χ4v) is 4.32. The highest BCUT2D eigenvalue weighted by Crippen LogP contribution is 2.30. The molecule has 5 rings (SSSR count). The molecule has 2 atom stereocenters. The van der Waals surface area contributed by atoms with Crippen LogP contribution in [0.25, 0.3) is 0 Å². The lowest BCUT2D eigenvalue weighted by molar-refractivity contribution is 0.0733. The average molecular weight is 364 g/mol. The molecule has 6 heteroatoms. The number of benzene rings is 1. The predicted octanol–water partition coefficient (Wildman–Crippen LogP) is 2.42. The molecule has 1 aromatic carbocycles. The van der Waals surface area contributed by atoms with Gasteiger partial charge < -0.3 is 15.0 Å². The van der Waals surface area contributed by atoms with E-state index < -0.39 is 0 Å². The summed E-state index contributed by atoms with van der Waals surface area (Å²) in [6.07, 6.45) is 6.03. The number of nitrogens with one attached hydrogen (secondary N) is 1. The zero-order valence-corrected chi connectivity index (χ0v) is 15.6. The minimum absolute atomic E-state index is 0.0736. The smallest absolute Gasteiger partial charge is 0.254 e. The fourth-order valence-electron chi connectivity index (χ4n) is 4.32. The quantitative estimate of drug-likeness (QED) is 0.886. The molecule has 3 aliphatic rings. The van der Waals surface area contributed by atoms with Crippen molar-refractivity contribution in [3.8, 4) is 5.75 Å². The Morgan fingerprint density at radius 2 is 2.26 bits per heavy atom. The van der Waals surface area contributed by atoms with Crippen LogP contribution in [0.1, 0.15) is 58.8 Å². The van der Waals surface area contributed by atoms with Gasteiger partial charge >= 0.3 is 0 Å². The van der Waals surface area contributed by atoms with E-state index in [1.807, 2.05) is 29.3 Å². The maximum atomic E-state index is 13.0. The van der Waals surface area contributed by atoms with E-state index in [1.165, 1.54) is 6.42 Å². The molecule has 0 saturated carbocycles. The Kier molecular flexibility index (Phi) is 4.08. The lowest BCUT2D eigenvalue weighted by Gasteiger charge is -2.28. The zero-order chi connectivity index (χ0) is 18.4. The van der Waals surface area contributed by atoms with E-state index in [9.17, 15) is 4.79 Å². The Hall–Kier alpha value is -2.47. The predicted molar refractivity (Wildman–Crippen MR) is 101 cm³/mol. The van der Waals surface area contributed by atoms with Crippen molar-refractivity contribution in [2.24, 2.45) is 0 Å². The molecular formula is C21H24N4O2. The molecule has 1 fully saturated rings. The van der Waals surface area contributed by atoms with Crippen molar-refractivity contribution in [2.45, 2.75) is 51.3 Å². The number of amides is 1. The first-order chi connectivity index (χ1) is 13.2. The number of carbonyl (C=O) groups is 1. The third-order valence-corrected chi connectivity index (χ3v) is 5.75. The summed E-state index contributed by atoms with van der Waals surface area (Å²) < 4.78 is 5.74. The van der Waals surface area contributed by atoms with Gasteiger partial charge in [-0.25, -0.2) is 9.97 Å². The second kappa shape index (κ2) is 6.60. The molecule has 0 radical (unpaired) electrons. The van der Waals surface area contributed by atoms with Crippen LogP contribution in [0, 0.1) is 0 Å². The highest BCUT2D eigenvalue weighted by molar-refractivity contribution is 5.94. The molecule has 1 N–H and O–H groups in total. The number of carbonyl (C=O) groups excluding carboxylic acids is 1. The van der Waals surface area contributed by atoms with Crippen molar-refractivity contribution >= 4 is 5.91 Å². The van der Waals surface area contributed by atoms with Crippen LogP contribution in [0.4, 0.5) is 0 Å². The van der Waals surface area contributed by atoms with Gasteiger partial charge in [0.05, 0.1) is 11.7 Å². The van der Waals surface area contributed by atoms with Crippen molar-refractivity contribution in [1.82, 2.24) is 20.2 Å². The lowest BCUT2D eigenvalue weighted by atomic mass is 10.0. The summed E-state index contributed by atoms with van der Waals surface area (Å²) >= 11 is 0. The van der Waals surface area contributed by atoms with Gasteiger partial charge in [0, 0.05) is 43.3 Å². The van der Waals surface area contributed by atoms with Crippen molar-refractivity contribution in [3.63, 3.8) is 0 Å². The first-order valence-electron chi connectivity index (χ1n) is 9.84. The van der Waals surface area contributed by atoms with E-state index >= 15 is 0 Å². The molecule has 2 aromatic rings. The Bertz CT molecular complexity index is 892. The Morgan fingerprint density at radius 3 is 3.11 bits per heavy atom. The van der Waals surface area contributed by atoms with Crippen LogP contribution in [0.15, 0.2) is 24.4 Å². The number of hydrogen-bond donors (Lipinski definition) is 1. The van der Waals surface area contributed by atoms with Crippen molar-refractivity contribution in [2.75, 3.05) is 13.1 Å². The molecule has 3 aliphatic heterocycles. The van der Waals surface area contributed by atoms with Gasteiger partial charge in [0.25, 0.3) is 5.91 Å². The summed E-state index contributed by atoms with van der Waals surface area (Å²) in [7, 11) is 0. The molecule has 1 saturated heterocycles. The van der Waals surface area contributed by atoms with Crippen molar-refractivity contribution in [3.05, 3.63) is 52.6 Å². The Morgan fingerprint density at radius 1 is 1.33 bits per heavy atom. The third kappa shape index (κ3) is 3.08. The number of ether oxygens (including phenoxy) is 1. The second-order valence-corrected chi connectivity index (χ2v) is 7.78. The van der Waals surface area contributed by atoms with Gasteiger partial charge in [-0.2, -0.15) is 0 Å². The van der Waals surface area contributed by atoms with Gasteiger partial charge in [-0.05, 0) is 50.1 Å². The number of aromatic nitrogens is 2. The van der Waals surface area contributed by atoms with Crippen LogP contribution < -0.4 is 10.1 Å². The van der Waals surface area contributed by atoms with E-state index in [1.54, 1.807) is 0 Å². The molecule has 0 unspecified atom stereocenters. The molecule has 1 aromatic heterocycles. The summed E-state index contributed by atoms with van der Waals surface area (Å²) in [6, 6.07) is 6.07. The van der Waals surface area contributed by atoms with E-state index in [0.717, 1.165) is 59.8 Å². The molecule has 1 amide bonds. The highest BCUT2D eigenvalue weighted by Gasteiger charge is 2.27. The molecule has 0 bridgehead atoms. The number of hydrogen-bond acceptors (Lipinski definition) is 5. The molecule has 0 aliphatic carbocycles. The summed E-state index contributed by atoms with van der Waals surface area (Å²) in [5, 5.41) is 3.45.